The van der Waals surface area contributed by atoms with E-state index in [1.54, 1.807) is 4.50 Å². The van der Waals surface area contributed by atoms with Crippen molar-refractivity contribution in [1.82, 2.24) is 9.97 Å². The van der Waals surface area contributed by atoms with Crippen LogP contribution in [0.5, 0.6) is 0 Å². The van der Waals surface area contributed by atoms with Gasteiger partial charge < -0.3 is 0 Å². The van der Waals surface area contributed by atoms with Crippen LogP contribution >= 0.6 is 11.3 Å². The van der Waals surface area contributed by atoms with E-state index in [0.29, 0.717) is 17.8 Å². The van der Waals surface area contributed by atoms with Gasteiger partial charge in [0.15, 0.2) is 0 Å². The molecule has 0 atom stereocenters. The first-order valence-electron chi connectivity index (χ1n) is 14.5. The van der Waals surface area contributed by atoms with Crippen LogP contribution in [0, 0.1) is 24.7 Å². The fourth-order valence-electron chi connectivity index (χ4n) is 6.62. The van der Waals surface area contributed by atoms with Crippen LogP contribution in [0.1, 0.15) is 48.5 Å². The Kier molecular flexibility index (Phi) is 8.00. The van der Waals surface area contributed by atoms with Crippen LogP contribution in [0.4, 0.5) is 0 Å². The predicted molar refractivity (Wildman–Crippen MR) is 172 cm³/mol. The van der Waals surface area contributed by atoms with Gasteiger partial charge >= 0.3 is 235 Å². The number of nitrogens with zero attached hydrogens (tertiary/aromatic N) is 2. The zero-order valence-corrected chi connectivity index (χ0v) is 28.5. The van der Waals surface area contributed by atoms with E-state index in [1.807, 2.05) is 11.3 Å². The third-order valence-corrected chi connectivity index (χ3v) is 20.6. The minimum atomic E-state index is -2.18. The van der Waals surface area contributed by atoms with Crippen molar-refractivity contribution in [3.63, 3.8) is 0 Å². The Bertz CT molecular complexity index is 1430. The topological polar surface area (TPSA) is 25.8 Å². The van der Waals surface area contributed by atoms with Crippen molar-refractivity contribution in [1.29, 1.82) is 0 Å². The average molecular weight is 593 g/mol. The normalized spacial score (nSPS) is 13.5. The number of benzene rings is 2. The van der Waals surface area contributed by atoms with Crippen LogP contribution in [-0.2, 0) is 0 Å². The third-order valence-electron chi connectivity index (χ3n) is 7.48. The van der Waals surface area contributed by atoms with E-state index < -0.39 is 21.3 Å². The molecule has 0 bridgehead atoms. The Morgan fingerprint density at radius 2 is 1.49 bits per heavy atom. The zero-order valence-electron chi connectivity index (χ0n) is 25.6. The first-order chi connectivity index (χ1) is 17.7. The van der Waals surface area contributed by atoms with Gasteiger partial charge in [-0.1, -0.05) is 0 Å². The Balaban J connectivity index is 2.04. The molecular formula is C32H46GeN2SSi. The van der Waals surface area contributed by atoms with Gasteiger partial charge in [0.25, 0.3) is 0 Å². The molecule has 0 aliphatic rings. The molecule has 2 aromatic heterocycles. The van der Waals surface area contributed by atoms with Crippen molar-refractivity contribution in [2.24, 2.45) is 17.8 Å². The summed E-state index contributed by atoms with van der Waals surface area (Å²) in [6.45, 7) is 16.7. The molecule has 0 saturated carbocycles. The van der Waals surface area contributed by atoms with Crippen molar-refractivity contribution in [2.75, 3.05) is 0 Å². The third kappa shape index (κ3) is 5.91. The van der Waals surface area contributed by atoms with Crippen molar-refractivity contribution in [3.05, 3.63) is 48.3 Å². The maximum absolute atomic E-state index is 8.61. The van der Waals surface area contributed by atoms with Crippen molar-refractivity contribution >= 4 is 62.6 Å². The van der Waals surface area contributed by atoms with Crippen molar-refractivity contribution in [2.45, 2.75) is 83.9 Å². The number of hydrogen-bond donors (Lipinski definition) is 0. The molecule has 4 aromatic rings. The second kappa shape index (κ2) is 10.9. The molecule has 5 heteroatoms. The predicted octanol–water partition coefficient (Wildman–Crippen LogP) is 8.99. The molecule has 0 fully saturated rings. The fraction of sp³-hybridized carbons (Fsp3) is 0.500. The van der Waals surface area contributed by atoms with Crippen LogP contribution in [0.3, 0.4) is 0 Å². The van der Waals surface area contributed by atoms with E-state index in [1.165, 1.54) is 43.6 Å². The molecule has 0 saturated heterocycles. The SMILES string of the molecule is [2H]c1nc(-c2c[c]([Ge]([CH3])([CH3])[CH3])c3ccccc3c2)c2sc([Si](CC(C)C)(CC(C)C)CC(C)C)c(C)c2n1. The summed E-state index contributed by atoms with van der Waals surface area (Å²) in [5, 5.41) is 2.65. The van der Waals surface area contributed by atoms with Gasteiger partial charge in [-0.2, -0.15) is 0 Å². The summed E-state index contributed by atoms with van der Waals surface area (Å²) < 4.78 is 12.9. The first kappa shape index (κ1) is 27.1. The molecule has 2 aromatic carbocycles. The second-order valence-electron chi connectivity index (χ2n) is 13.5. The molecule has 0 radical (unpaired) electrons. The summed E-state index contributed by atoms with van der Waals surface area (Å²) in [7, 11) is -1.82. The Labute approximate surface area is 234 Å². The Morgan fingerprint density at radius 3 is 2.05 bits per heavy atom. The van der Waals surface area contributed by atoms with Gasteiger partial charge in [-0.3, -0.25) is 0 Å². The number of aryl methyl sites for hydroxylation is 1. The molecule has 0 unspecified atom stereocenters. The first-order valence-corrected chi connectivity index (χ1v) is 24.8. The van der Waals surface area contributed by atoms with Gasteiger partial charge in [-0.05, 0) is 0 Å². The summed E-state index contributed by atoms with van der Waals surface area (Å²) in [4.78, 5) is 9.59. The van der Waals surface area contributed by atoms with E-state index in [9.17, 15) is 0 Å². The van der Waals surface area contributed by atoms with E-state index >= 15 is 0 Å². The van der Waals surface area contributed by atoms with Gasteiger partial charge in [0.05, 0.1) is 0 Å². The molecule has 0 spiro atoms. The molecule has 0 N–H and O–H groups in total. The van der Waals surface area contributed by atoms with Gasteiger partial charge in [-0.15, -0.1) is 0 Å². The summed E-state index contributed by atoms with van der Waals surface area (Å²) in [6.07, 6.45) is 0.135. The van der Waals surface area contributed by atoms with Gasteiger partial charge in [-0.25, -0.2) is 0 Å². The summed E-state index contributed by atoms with van der Waals surface area (Å²) in [6, 6.07) is 17.4. The van der Waals surface area contributed by atoms with Crippen molar-refractivity contribution < 1.29 is 1.37 Å². The minimum absolute atomic E-state index is 0.135. The second-order valence-corrected chi connectivity index (χ2v) is 29.7. The molecule has 2 heterocycles. The number of aromatic nitrogens is 2. The summed E-state index contributed by atoms with van der Waals surface area (Å²) >= 11 is -0.203. The number of fused-ring (bicyclic) bond motifs is 2. The molecule has 0 aliphatic carbocycles. The van der Waals surface area contributed by atoms with Gasteiger partial charge in [0.2, 0.25) is 0 Å². The zero-order chi connectivity index (χ0) is 28.0. The van der Waals surface area contributed by atoms with Crippen LogP contribution in [-0.4, -0.2) is 31.3 Å². The monoisotopic (exact) mass is 593 g/mol. The standard InChI is InChI=1S/C32H46GeN2SSi/c1-21(2)17-37(18-22(3)4,19-23(5)6)32-24(7)29-31(36-32)30(35-20-34-29)26-15-25-13-11-12-14-27(25)28(16-26)33(8,9)10/h11-16,20-23H,17-19H2,1-10H3/i20D. The van der Waals surface area contributed by atoms with Crippen molar-refractivity contribution in [3.8, 4) is 11.3 Å². The number of hydrogen-bond acceptors (Lipinski definition) is 3. The molecule has 37 heavy (non-hydrogen) atoms. The van der Waals surface area contributed by atoms with E-state index in [0.717, 1.165) is 16.8 Å². The van der Waals surface area contributed by atoms with Crippen LogP contribution in [0.25, 0.3) is 32.2 Å². The average Bonchev–Trinajstić information content (AvgIpc) is 3.12. The molecule has 0 amide bonds. The van der Waals surface area contributed by atoms with E-state index in [2.05, 4.69) is 102 Å². The maximum atomic E-state index is 8.61. The van der Waals surface area contributed by atoms with Crippen LogP contribution in [0.15, 0.2) is 42.7 Å². The summed E-state index contributed by atoms with van der Waals surface area (Å²) in [5.41, 5.74) is 4.45. The molecule has 2 nitrogen and oxygen atoms in total. The number of rotatable bonds is 9. The summed E-state index contributed by atoms with van der Waals surface area (Å²) in [5.74, 6) is 9.41. The van der Waals surface area contributed by atoms with E-state index in [4.69, 9.17) is 11.3 Å². The Hall–Kier alpha value is -1.50. The fourth-order valence-corrected chi connectivity index (χ4v) is 19.6. The molecule has 198 valence electrons. The Morgan fingerprint density at radius 1 is 0.892 bits per heavy atom. The quantitative estimate of drug-likeness (QED) is 0.181. The van der Waals surface area contributed by atoms with E-state index in [-0.39, 0.29) is 6.30 Å². The molecule has 0 aliphatic heterocycles. The van der Waals surface area contributed by atoms with Gasteiger partial charge in [0.1, 0.15) is 0 Å². The molecular weight excluding hydrogens is 545 g/mol. The molecule has 4 rings (SSSR count). The van der Waals surface area contributed by atoms with Crippen LogP contribution < -0.4 is 8.90 Å². The van der Waals surface area contributed by atoms with Crippen LogP contribution in [0.2, 0.25) is 35.4 Å². The van der Waals surface area contributed by atoms with Gasteiger partial charge in [0, 0.05) is 0 Å². The number of thiophene rings is 1.